The molecule has 3 aromatic rings. The lowest BCUT2D eigenvalue weighted by Crippen LogP contribution is -2.17. The largest absolute Gasteiger partial charge is 0.289 e. The number of carbonyl (C=O) groups excluding carboxylic acids is 1. The average molecular weight is 325 g/mol. The van der Waals surface area contributed by atoms with E-state index in [0.29, 0.717) is 6.42 Å². The molecule has 7 heteroatoms. The summed E-state index contributed by atoms with van der Waals surface area (Å²) in [4.78, 5) is 15.5. The SMILES string of the molecule is O=C(CCCCCn1cc(-c2ccc3ccccc3n2)nn1)NO. The van der Waals surface area contributed by atoms with Crippen LogP contribution in [-0.4, -0.2) is 31.1 Å². The minimum atomic E-state index is -0.347. The summed E-state index contributed by atoms with van der Waals surface area (Å²) in [5, 5.41) is 17.8. The Labute approximate surface area is 139 Å². The van der Waals surface area contributed by atoms with Gasteiger partial charge in [-0.05, 0) is 25.0 Å². The number of hydroxylamine groups is 1. The van der Waals surface area contributed by atoms with Gasteiger partial charge in [0.05, 0.1) is 17.4 Å². The number of aryl methyl sites for hydroxylation is 1. The maximum atomic E-state index is 10.9. The van der Waals surface area contributed by atoms with Crippen molar-refractivity contribution in [2.75, 3.05) is 0 Å². The van der Waals surface area contributed by atoms with Crippen LogP contribution in [0.4, 0.5) is 0 Å². The molecular formula is C17H19N5O2. The molecule has 0 radical (unpaired) electrons. The first-order valence-electron chi connectivity index (χ1n) is 7.95. The van der Waals surface area contributed by atoms with E-state index in [0.717, 1.165) is 48.1 Å². The average Bonchev–Trinajstić information content (AvgIpc) is 3.09. The number of unbranched alkanes of at least 4 members (excludes halogenated alkanes) is 2. The number of hydrogen-bond donors (Lipinski definition) is 2. The van der Waals surface area contributed by atoms with E-state index >= 15 is 0 Å². The zero-order valence-electron chi connectivity index (χ0n) is 13.2. The van der Waals surface area contributed by atoms with Crippen molar-refractivity contribution >= 4 is 16.8 Å². The Hall–Kier alpha value is -2.80. The molecule has 2 aromatic heterocycles. The monoisotopic (exact) mass is 325 g/mol. The van der Waals surface area contributed by atoms with Crippen molar-refractivity contribution < 1.29 is 10.0 Å². The Bertz CT molecular complexity index is 830. The first-order chi connectivity index (χ1) is 11.8. The van der Waals surface area contributed by atoms with Crippen LogP contribution in [0.3, 0.4) is 0 Å². The third-order valence-electron chi connectivity index (χ3n) is 3.82. The molecule has 0 bridgehead atoms. The summed E-state index contributed by atoms with van der Waals surface area (Å²) in [6.45, 7) is 0.737. The molecule has 1 amide bonds. The maximum Gasteiger partial charge on any atom is 0.243 e. The molecule has 0 fully saturated rings. The van der Waals surface area contributed by atoms with Crippen molar-refractivity contribution in [3.63, 3.8) is 0 Å². The van der Waals surface area contributed by atoms with Crippen molar-refractivity contribution in [2.24, 2.45) is 0 Å². The molecule has 0 atom stereocenters. The van der Waals surface area contributed by atoms with Gasteiger partial charge in [-0.15, -0.1) is 5.10 Å². The van der Waals surface area contributed by atoms with Crippen LogP contribution in [0.5, 0.6) is 0 Å². The van der Waals surface area contributed by atoms with Gasteiger partial charge in [-0.2, -0.15) is 0 Å². The van der Waals surface area contributed by atoms with Gasteiger partial charge < -0.3 is 0 Å². The minimum absolute atomic E-state index is 0.333. The number of nitrogens with zero attached hydrogens (tertiary/aromatic N) is 4. The smallest absolute Gasteiger partial charge is 0.243 e. The minimum Gasteiger partial charge on any atom is -0.289 e. The van der Waals surface area contributed by atoms with Gasteiger partial charge in [0, 0.05) is 18.4 Å². The van der Waals surface area contributed by atoms with Crippen LogP contribution in [0.15, 0.2) is 42.6 Å². The van der Waals surface area contributed by atoms with E-state index in [1.807, 2.05) is 42.6 Å². The lowest BCUT2D eigenvalue weighted by Gasteiger charge is -2.01. The van der Waals surface area contributed by atoms with Gasteiger partial charge >= 0.3 is 0 Å². The second-order valence-electron chi connectivity index (χ2n) is 5.60. The predicted molar refractivity (Wildman–Crippen MR) is 89.2 cm³/mol. The van der Waals surface area contributed by atoms with Gasteiger partial charge in [0.1, 0.15) is 5.69 Å². The zero-order valence-corrected chi connectivity index (χ0v) is 13.2. The number of fused-ring (bicyclic) bond motifs is 1. The van der Waals surface area contributed by atoms with E-state index in [2.05, 4.69) is 15.3 Å². The molecule has 0 saturated carbocycles. The van der Waals surface area contributed by atoms with Crippen molar-refractivity contribution in [1.29, 1.82) is 0 Å². The Morgan fingerprint density at radius 1 is 1.08 bits per heavy atom. The van der Waals surface area contributed by atoms with E-state index in [4.69, 9.17) is 5.21 Å². The number of hydrogen-bond acceptors (Lipinski definition) is 5. The number of para-hydroxylation sites is 1. The van der Waals surface area contributed by atoms with Crippen molar-refractivity contribution in [3.8, 4) is 11.4 Å². The van der Waals surface area contributed by atoms with Crippen LogP contribution < -0.4 is 5.48 Å². The molecule has 0 saturated heterocycles. The van der Waals surface area contributed by atoms with E-state index in [9.17, 15) is 4.79 Å². The summed E-state index contributed by atoms with van der Waals surface area (Å²) in [7, 11) is 0. The highest BCUT2D eigenvalue weighted by Crippen LogP contribution is 2.18. The van der Waals surface area contributed by atoms with Crippen molar-refractivity contribution in [1.82, 2.24) is 25.5 Å². The summed E-state index contributed by atoms with van der Waals surface area (Å²) < 4.78 is 1.79. The van der Waals surface area contributed by atoms with Crippen LogP contribution in [0.1, 0.15) is 25.7 Å². The molecule has 0 aliphatic rings. The summed E-state index contributed by atoms with van der Waals surface area (Å²) in [5.74, 6) is -0.347. The van der Waals surface area contributed by atoms with Crippen LogP contribution in [-0.2, 0) is 11.3 Å². The quantitative estimate of drug-likeness (QED) is 0.395. The normalized spacial score (nSPS) is 10.9. The van der Waals surface area contributed by atoms with E-state index in [1.165, 1.54) is 0 Å². The van der Waals surface area contributed by atoms with Crippen LogP contribution in [0.25, 0.3) is 22.3 Å². The van der Waals surface area contributed by atoms with Gasteiger partial charge in [0.15, 0.2) is 0 Å². The number of nitrogens with one attached hydrogen (secondary N) is 1. The second-order valence-corrected chi connectivity index (χ2v) is 5.60. The molecule has 7 nitrogen and oxygen atoms in total. The first kappa shape index (κ1) is 16.1. The Balaban J connectivity index is 1.57. The highest BCUT2D eigenvalue weighted by Gasteiger charge is 2.06. The molecule has 3 rings (SSSR count). The second kappa shape index (κ2) is 7.65. The van der Waals surface area contributed by atoms with E-state index in [-0.39, 0.29) is 5.91 Å². The summed E-state index contributed by atoms with van der Waals surface area (Å²) in [6.07, 6.45) is 4.74. The summed E-state index contributed by atoms with van der Waals surface area (Å²) >= 11 is 0. The van der Waals surface area contributed by atoms with Gasteiger partial charge in [0.2, 0.25) is 5.91 Å². The fraction of sp³-hybridized carbons (Fsp3) is 0.294. The fourth-order valence-electron chi connectivity index (χ4n) is 2.53. The van der Waals surface area contributed by atoms with Gasteiger partial charge in [0.25, 0.3) is 0 Å². The lowest BCUT2D eigenvalue weighted by molar-refractivity contribution is -0.129. The number of benzene rings is 1. The Kier molecular flexibility index (Phi) is 5.12. The molecule has 2 heterocycles. The van der Waals surface area contributed by atoms with Gasteiger partial charge in [-0.1, -0.05) is 35.9 Å². The summed E-state index contributed by atoms with van der Waals surface area (Å²) in [5.41, 5.74) is 4.13. The van der Waals surface area contributed by atoms with E-state index in [1.54, 1.807) is 10.2 Å². The zero-order chi connectivity index (χ0) is 16.8. The fourth-order valence-corrected chi connectivity index (χ4v) is 2.53. The van der Waals surface area contributed by atoms with Crippen LogP contribution >= 0.6 is 0 Å². The molecule has 24 heavy (non-hydrogen) atoms. The molecule has 0 spiro atoms. The first-order valence-corrected chi connectivity index (χ1v) is 7.95. The molecular weight excluding hydrogens is 306 g/mol. The van der Waals surface area contributed by atoms with Crippen LogP contribution in [0, 0.1) is 0 Å². The maximum absolute atomic E-state index is 10.9. The summed E-state index contributed by atoms with van der Waals surface area (Å²) in [6, 6.07) is 11.9. The van der Waals surface area contributed by atoms with Crippen molar-refractivity contribution in [2.45, 2.75) is 32.2 Å². The standard InChI is InChI=1S/C17H19N5O2/c23-17(20-24)8-2-1-5-11-22-12-16(19-21-22)15-10-9-13-6-3-4-7-14(13)18-15/h3-4,6-7,9-10,12,24H,1-2,5,8,11H2,(H,20,23). The third kappa shape index (κ3) is 3.94. The number of amides is 1. The number of carbonyl (C=O) groups is 1. The highest BCUT2D eigenvalue weighted by molar-refractivity contribution is 5.80. The Morgan fingerprint density at radius 2 is 1.96 bits per heavy atom. The molecule has 1 aromatic carbocycles. The molecule has 0 aliphatic heterocycles. The molecule has 2 N–H and O–H groups in total. The topological polar surface area (TPSA) is 92.9 Å². The van der Waals surface area contributed by atoms with Crippen LogP contribution in [0.2, 0.25) is 0 Å². The van der Waals surface area contributed by atoms with Gasteiger partial charge in [-0.3, -0.25) is 14.7 Å². The Morgan fingerprint density at radius 3 is 2.83 bits per heavy atom. The molecule has 0 unspecified atom stereocenters. The number of pyridine rings is 1. The molecule has 0 aliphatic carbocycles. The predicted octanol–water partition coefficient (Wildman–Crippen LogP) is 2.56. The lowest BCUT2D eigenvalue weighted by atomic mass is 10.2. The van der Waals surface area contributed by atoms with E-state index < -0.39 is 0 Å². The third-order valence-corrected chi connectivity index (χ3v) is 3.82. The number of rotatable bonds is 7. The van der Waals surface area contributed by atoms with Gasteiger partial charge in [-0.25, -0.2) is 10.5 Å². The number of aromatic nitrogens is 4. The molecule has 124 valence electrons. The highest BCUT2D eigenvalue weighted by atomic mass is 16.5. The van der Waals surface area contributed by atoms with Crippen molar-refractivity contribution in [3.05, 3.63) is 42.6 Å².